The fraction of sp³-hybridized carbons (Fsp3) is 0.444. The molecule has 0 saturated carbocycles. The van der Waals surface area contributed by atoms with E-state index in [4.69, 9.17) is 9.52 Å². The van der Waals surface area contributed by atoms with Gasteiger partial charge in [0.25, 0.3) is 5.91 Å². The number of likely N-dealkylation sites (tertiary alicyclic amines) is 1. The van der Waals surface area contributed by atoms with E-state index in [1.807, 2.05) is 0 Å². The second-order valence-electron chi connectivity index (χ2n) is 3.41. The van der Waals surface area contributed by atoms with E-state index in [9.17, 15) is 9.59 Å². The molecule has 1 amide bonds. The maximum atomic E-state index is 11.8. The van der Waals surface area contributed by atoms with E-state index >= 15 is 0 Å². The van der Waals surface area contributed by atoms with Crippen LogP contribution in [0.3, 0.4) is 0 Å². The molecule has 1 saturated heterocycles. The highest BCUT2D eigenvalue weighted by atomic mass is 16.4. The first-order chi connectivity index (χ1) is 7.11. The van der Waals surface area contributed by atoms with Crippen LogP contribution in [0, 0.1) is 6.92 Å². The van der Waals surface area contributed by atoms with Gasteiger partial charge in [0.1, 0.15) is 6.04 Å². The second-order valence-corrected chi connectivity index (χ2v) is 3.41. The number of amides is 1. The largest absolute Gasteiger partial charge is 0.480 e. The fourth-order valence-corrected chi connectivity index (χ4v) is 1.52. The van der Waals surface area contributed by atoms with E-state index in [1.165, 1.54) is 11.3 Å². The van der Waals surface area contributed by atoms with Crippen molar-refractivity contribution in [3.8, 4) is 0 Å². The van der Waals surface area contributed by atoms with E-state index in [0.717, 1.165) is 0 Å². The fourth-order valence-electron chi connectivity index (χ4n) is 1.52. The van der Waals surface area contributed by atoms with Crippen LogP contribution in [0.1, 0.15) is 22.7 Å². The summed E-state index contributed by atoms with van der Waals surface area (Å²) in [5, 5.41) is 8.78. The Hall–Kier alpha value is -1.85. The highest BCUT2D eigenvalue weighted by molar-refractivity contribution is 5.96. The first-order valence-electron chi connectivity index (χ1n) is 4.55. The molecule has 0 bridgehead atoms. The molecule has 1 N–H and O–H groups in total. The molecule has 1 aromatic rings. The van der Waals surface area contributed by atoms with E-state index in [0.29, 0.717) is 18.7 Å². The number of aryl methyl sites for hydroxylation is 1. The Morgan fingerprint density at radius 1 is 1.67 bits per heavy atom. The van der Waals surface area contributed by atoms with E-state index in [1.54, 1.807) is 6.92 Å². The molecular formula is C9H10N2O4. The van der Waals surface area contributed by atoms with Crippen LogP contribution < -0.4 is 0 Å². The summed E-state index contributed by atoms with van der Waals surface area (Å²) in [7, 11) is 0. The Balaban J connectivity index is 2.16. The van der Waals surface area contributed by atoms with Gasteiger partial charge >= 0.3 is 5.97 Å². The molecule has 2 rings (SSSR count). The molecule has 0 aliphatic carbocycles. The van der Waals surface area contributed by atoms with Gasteiger partial charge in [0.05, 0.1) is 5.69 Å². The summed E-state index contributed by atoms with van der Waals surface area (Å²) in [6.07, 6.45) is 1.67. The molecule has 0 radical (unpaired) electrons. The minimum absolute atomic E-state index is 0.126. The van der Waals surface area contributed by atoms with Crippen molar-refractivity contribution in [1.29, 1.82) is 0 Å². The molecule has 1 unspecified atom stereocenters. The van der Waals surface area contributed by atoms with Crippen LogP contribution in [-0.2, 0) is 4.79 Å². The predicted molar refractivity (Wildman–Crippen MR) is 48.3 cm³/mol. The average molecular weight is 210 g/mol. The Morgan fingerprint density at radius 3 is 2.80 bits per heavy atom. The molecule has 1 aliphatic rings. The lowest BCUT2D eigenvalue weighted by Crippen LogP contribution is -2.55. The van der Waals surface area contributed by atoms with Crippen molar-refractivity contribution in [3.05, 3.63) is 17.8 Å². The van der Waals surface area contributed by atoms with Gasteiger partial charge in [0.15, 0.2) is 6.39 Å². The van der Waals surface area contributed by atoms with Crippen LogP contribution in [0.25, 0.3) is 0 Å². The summed E-state index contributed by atoms with van der Waals surface area (Å²) < 4.78 is 4.92. The molecule has 1 fully saturated rings. The Labute approximate surface area is 85.5 Å². The minimum atomic E-state index is -0.980. The van der Waals surface area contributed by atoms with Crippen LogP contribution in [0.5, 0.6) is 0 Å². The molecule has 1 atom stereocenters. The third-order valence-corrected chi connectivity index (χ3v) is 2.51. The predicted octanol–water partition coefficient (Wildman–Crippen LogP) is 0.282. The number of carbonyl (C=O) groups excluding carboxylic acids is 1. The lowest BCUT2D eigenvalue weighted by molar-refractivity contribution is -0.146. The summed E-state index contributed by atoms with van der Waals surface area (Å²) in [6.45, 7) is 2.10. The number of carboxylic acids is 1. The van der Waals surface area contributed by atoms with Crippen molar-refractivity contribution in [3.63, 3.8) is 0 Å². The molecule has 0 aromatic carbocycles. The van der Waals surface area contributed by atoms with Gasteiger partial charge in [-0.15, -0.1) is 0 Å². The minimum Gasteiger partial charge on any atom is -0.480 e. The number of carbonyl (C=O) groups is 2. The first kappa shape index (κ1) is 9.70. The van der Waals surface area contributed by atoms with E-state index < -0.39 is 17.9 Å². The smallest absolute Gasteiger partial charge is 0.326 e. The number of nitrogens with zero attached hydrogens (tertiary/aromatic N) is 2. The summed E-state index contributed by atoms with van der Waals surface area (Å²) in [5.41, 5.74) is 0.482. The van der Waals surface area contributed by atoms with Crippen LogP contribution in [0.15, 0.2) is 10.8 Å². The lowest BCUT2D eigenvalue weighted by Gasteiger charge is -2.37. The van der Waals surface area contributed by atoms with Crippen LogP contribution >= 0.6 is 0 Å². The highest BCUT2D eigenvalue weighted by Crippen LogP contribution is 2.21. The maximum absolute atomic E-state index is 11.8. The lowest BCUT2D eigenvalue weighted by atomic mass is 10.0. The maximum Gasteiger partial charge on any atom is 0.326 e. The third-order valence-electron chi connectivity index (χ3n) is 2.51. The number of rotatable bonds is 2. The number of aromatic nitrogens is 1. The second kappa shape index (κ2) is 3.38. The Kier molecular flexibility index (Phi) is 2.18. The number of aliphatic carboxylic acids is 1. The normalized spacial score (nSPS) is 19.8. The van der Waals surface area contributed by atoms with Crippen LogP contribution in [0.2, 0.25) is 0 Å². The zero-order valence-corrected chi connectivity index (χ0v) is 8.14. The standard InChI is InChI=1S/C9H10N2O4/c1-5-7(15-4-10-5)8(12)11-3-2-6(11)9(13)14/h4,6H,2-3H2,1H3,(H,13,14). The Morgan fingerprint density at radius 2 is 2.40 bits per heavy atom. The topological polar surface area (TPSA) is 83.6 Å². The van der Waals surface area contributed by atoms with Crippen molar-refractivity contribution < 1.29 is 19.1 Å². The van der Waals surface area contributed by atoms with Crippen LogP contribution in [0.4, 0.5) is 0 Å². The van der Waals surface area contributed by atoms with E-state index in [-0.39, 0.29) is 5.76 Å². The van der Waals surface area contributed by atoms with Gasteiger partial charge in [-0.3, -0.25) is 4.79 Å². The SMILES string of the molecule is Cc1ncoc1C(=O)N1CCC1C(=O)O. The molecule has 0 spiro atoms. The highest BCUT2D eigenvalue weighted by Gasteiger charge is 2.39. The summed E-state index contributed by atoms with van der Waals surface area (Å²) in [6, 6.07) is -0.720. The quantitative estimate of drug-likeness (QED) is 0.758. The van der Waals surface area contributed by atoms with Gasteiger partial charge in [-0.05, 0) is 13.3 Å². The van der Waals surface area contributed by atoms with Gasteiger partial charge in [0.2, 0.25) is 5.76 Å². The number of hydrogen-bond acceptors (Lipinski definition) is 4. The number of oxazole rings is 1. The van der Waals surface area contributed by atoms with Gasteiger partial charge < -0.3 is 14.4 Å². The molecule has 2 heterocycles. The van der Waals surface area contributed by atoms with Crippen molar-refractivity contribution >= 4 is 11.9 Å². The molecule has 80 valence electrons. The molecule has 1 aliphatic heterocycles. The van der Waals surface area contributed by atoms with Crippen molar-refractivity contribution in [1.82, 2.24) is 9.88 Å². The van der Waals surface area contributed by atoms with E-state index in [2.05, 4.69) is 4.98 Å². The van der Waals surface area contributed by atoms with Crippen molar-refractivity contribution in [2.24, 2.45) is 0 Å². The summed E-state index contributed by atoms with van der Waals surface area (Å²) in [5.74, 6) is -1.25. The molecule has 15 heavy (non-hydrogen) atoms. The zero-order valence-electron chi connectivity index (χ0n) is 8.14. The molecule has 6 heteroatoms. The monoisotopic (exact) mass is 210 g/mol. The van der Waals surface area contributed by atoms with Crippen LogP contribution in [-0.4, -0.2) is 39.5 Å². The van der Waals surface area contributed by atoms with Gasteiger partial charge in [-0.25, -0.2) is 9.78 Å². The van der Waals surface area contributed by atoms with Crippen molar-refractivity contribution in [2.45, 2.75) is 19.4 Å². The van der Waals surface area contributed by atoms with Crippen molar-refractivity contribution in [2.75, 3.05) is 6.54 Å². The Bertz CT molecular complexity index is 412. The number of carboxylic acid groups (broad SMARTS) is 1. The zero-order chi connectivity index (χ0) is 11.0. The number of hydrogen-bond donors (Lipinski definition) is 1. The van der Waals surface area contributed by atoms with Gasteiger partial charge in [0, 0.05) is 6.54 Å². The first-order valence-corrected chi connectivity index (χ1v) is 4.55. The summed E-state index contributed by atoms with van der Waals surface area (Å²) >= 11 is 0. The molecular weight excluding hydrogens is 200 g/mol. The molecule has 6 nitrogen and oxygen atoms in total. The average Bonchev–Trinajstić information content (AvgIpc) is 2.47. The molecule has 1 aromatic heterocycles. The summed E-state index contributed by atoms with van der Waals surface area (Å²) in [4.78, 5) is 27.5. The third kappa shape index (κ3) is 1.47. The van der Waals surface area contributed by atoms with Gasteiger partial charge in [-0.1, -0.05) is 0 Å². The van der Waals surface area contributed by atoms with Gasteiger partial charge in [-0.2, -0.15) is 0 Å².